The molecule has 0 atom stereocenters. The van der Waals surface area contributed by atoms with Crippen molar-refractivity contribution >= 4 is 11.9 Å². The summed E-state index contributed by atoms with van der Waals surface area (Å²) in [4.78, 5) is 4.56. The third-order valence-corrected chi connectivity index (χ3v) is 3.88. The van der Waals surface area contributed by atoms with E-state index < -0.39 is 0 Å². The van der Waals surface area contributed by atoms with Crippen LogP contribution in [-0.2, 0) is 6.61 Å². The summed E-state index contributed by atoms with van der Waals surface area (Å²) in [6.07, 6.45) is 1.84. The van der Waals surface area contributed by atoms with E-state index >= 15 is 0 Å². The molecule has 0 heterocycles. The van der Waals surface area contributed by atoms with Crippen molar-refractivity contribution in [1.82, 2.24) is 0 Å². The van der Waals surface area contributed by atoms with Crippen molar-refractivity contribution in [3.63, 3.8) is 0 Å². The van der Waals surface area contributed by atoms with Crippen LogP contribution in [0.5, 0.6) is 5.75 Å². The van der Waals surface area contributed by atoms with Crippen molar-refractivity contribution in [3.05, 3.63) is 94.8 Å². The molecule has 0 aromatic heterocycles. The van der Waals surface area contributed by atoms with Crippen LogP contribution in [0.2, 0.25) is 0 Å². The largest absolute Gasteiger partial charge is 0.489 e. The maximum atomic E-state index is 12.9. The Morgan fingerprint density at radius 1 is 0.960 bits per heavy atom. The van der Waals surface area contributed by atoms with Crippen LogP contribution < -0.4 is 4.74 Å². The zero-order valence-electron chi connectivity index (χ0n) is 14.4. The molecular weight excluding hydrogens is 313 g/mol. The second kappa shape index (κ2) is 7.75. The smallest absolute Gasteiger partial charge is 0.123 e. The van der Waals surface area contributed by atoms with Crippen LogP contribution in [0.1, 0.15) is 22.3 Å². The Balaban J connectivity index is 1.68. The van der Waals surface area contributed by atoms with Crippen molar-refractivity contribution in [1.29, 1.82) is 0 Å². The van der Waals surface area contributed by atoms with E-state index in [1.165, 1.54) is 17.7 Å². The second-order valence-electron chi connectivity index (χ2n) is 6.04. The van der Waals surface area contributed by atoms with Crippen LogP contribution >= 0.6 is 0 Å². The van der Waals surface area contributed by atoms with Crippen molar-refractivity contribution in [2.24, 2.45) is 4.99 Å². The fourth-order valence-corrected chi connectivity index (χ4v) is 2.53. The highest BCUT2D eigenvalue weighted by molar-refractivity contribution is 5.82. The van der Waals surface area contributed by atoms with Gasteiger partial charge >= 0.3 is 0 Å². The van der Waals surface area contributed by atoms with Crippen LogP contribution in [0.25, 0.3) is 0 Å². The zero-order valence-corrected chi connectivity index (χ0v) is 14.4. The van der Waals surface area contributed by atoms with Crippen LogP contribution in [0.4, 0.5) is 10.1 Å². The monoisotopic (exact) mass is 333 g/mol. The first kappa shape index (κ1) is 16.9. The highest BCUT2D eigenvalue weighted by atomic mass is 19.1. The van der Waals surface area contributed by atoms with Crippen LogP contribution in [0, 0.1) is 19.7 Å². The standard InChI is InChI=1S/C22H20FNO/c1-16-6-11-22(17(2)12-16)24-14-19-4-3-5-21(13-19)25-15-18-7-9-20(23)10-8-18/h3-14H,15H2,1-2H3. The molecule has 0 saturated carbocycles. The van der Waals surface area contributed by atoms with Gasteiger partial charge in [-0.05, 0) is 60.9 Å². The summed E-state index contributed by atoms with van der Waals surface area (Å²) in [5.41, 5.74) is 5.24. The van der Waals surface area contributed by atoms with Crippen molar-refractivity contribution in [3.8, 4) is 5.75 Å². The molecule has 0 saturated heterocycles. The molecule has 0 N–H and O–H groups in total. The molecular formula is C22H20FNO. The first-order valence-electron chi connectivity index (χ1n) is 8.19. The number of aliphatic imine (C=N–C) groups is 1. The average Bonchev–Trinajstić information content (AvgIpc) is 2.61. The topological polar surface area (TPSA) is 21.6 Å². The molecule has 0 fully saturated rings. The minimum Gasteiger partial charge on any atom is -0.489 e. The molecule has 3 aromatic rings. The third kappa shape index (κ3) is 4.77. The van der Waals surface area contributed by atoms with E-state index in [0.29, 0.717) is 6.61 Å². The van der Waals surface area contributed by atoms with Gasteiger partial charge in [-0.2, -0.15) is 0 Å². The summed E-state index contributed by atoms with van der Waals surface area (Å²) in [6, 6.07) is 20.3. The molecule has 0 bridgehead atoms. The lowest BCUT2D eigenvalue weighted by atomic mass is 10.1. The highest BCUT2D eigenvalue weighted by Crippen LogP contribution is 2.20. The van der Waals surface area contributed by atoms with E-state index in [1.807, 2.05) is 36.5 Å². The SMILES string of the molecule is Cc1ccc(N=Cc2cccc(OCc3ccc(F)cc3)c2)c(C)c1. The molecule has 0 aliphatic heterocycles. The molecule has 3 rings (SSSR count). The lowest BCUT2D eigenvalue weighted by Gasteiger charge is -2.07. The molecule has 0 aliphatic carbocycles. The van der Waals surface area contributed by atoms with Gasteiger partial charge in [0.1, 0.15) is 18.2 Å². The van der Waals surface area contributed by atoms with E-state index in [4.69, 9.17) is 4.74 Å². The van der Waals surface area contributed by atoms with Crippen LogP contribution in [-0.4, -0.2) is 6.21 Å². The average molecular weight is 333 g/mol. The Hall–Kier alpha value is -2.94. The molecule has 2 nitrogen and oxygen atoms in total. The normalized spacial score (nSPS) is 11.0. The minimum absolute atomic E-state index is 0.242. The van der Waals surface area contributed by atoms with Gasteiger partial charge in [0.2, 0.25) is 0 Å². The van der Waals surface area contributed by atoms with E-state index in [1.54, 1.807) is 12.1 Å². The van der Waals surface area contributed by atoms with Crippen LogP contribution in [0.15, 0.2) is 71.7 Å². The summed E-state index contributed by atoms with van der Waals surface area (Å²) in [5, 5.41) is 0. The van der Waals surface area contributed by atoms with E-state index in [2.05, 4.69) is 31.0 Å². The van der Waals surface area contributed by atoms with E-state index in [0.717, 1.165) is 28.1 Å². The summed E-state index contributed by atoms with van der Waals surface area (Å²) < 4.78 is 18.7. The first-order valence-corrected chi connectivity index (χ1v) is 8.19. The number of aryl methyl sites for hydroxylation is 2. The minimum atomic E-state index is -0.242. The Labute approximate surface area is 147 Å². The number of benzene rings is 3. The predicted molar refractivity (Wildman–Crippen MR) is 100 cm³/mol. The van der Waals surface area contributed by atoms with Crippen molar-refractivity contribution in [2.75, 3.05) is 0 Å². The van der Waals surface area contributed by atoms with Crippen molar-refractivity contribution < 1.29 is 9.13 Å². The molecule has 3 heteroatoms. The maximum Gasteiger partial charge on any atom is 0.123 e. The van der Waals surface area contributed by atoms with Gasteiger partial charge in [0.05, 0.1) is 5.69 Å². The molecule has 0 unspecified atom stereocenters. The van der Waals surface area contributed by atoms with Gasteiger partial charge in [-0.1, -0.05) is 42.0 Å². The number of nitrogens with zero attached hydrogens (tertiary/aromatic N) is 1. The first-order chi connectivity index (χ1) is 12.1. The number of ether oxygens (including phenoxy) is 1. The number of rotatable bonds is 5. The highest BCUT2D eigenvalue weighted by Gasteiger charge is 1.99. The van der Waals surface area contributed by atoms with E-state index in [-0.39, 0.29) is 5.82 Å². The van der Waals surface area contributed by atoms with Gasteiger partial charge < -0.3 is 4.74 Å². The van der Waals surface area contributed by atoms with Crippen molar-refractivity contribution in [2.45, 2.75) is 20.5 Å². The zero-order chi connectivity index (χ0) is 17.6. The molecule has 25 heavy (non-hydrogen) atoms. The molecule has 0 spiro atoms. The van der Waals surface area contributed by atoms with Gasteiger partial charge in [0.25, 0.3) is 0 Å². The van der Waals surface area contributed by atoms with E-state index in [9.17, 15) is 4.39 Å². The molecule has 3 aromatic carbocycles. The lowest BCUT2D eigenvalue weighted by Crippen LogP contribution is -1.96. The molecule has 126 valence electrons. The number of hydrogen-bond acceptors (Lipinski definition) is 2. The lowest BCUT2D eigenvalue weighted by molar-refractivity contribution is 0.306. The predicted octanol–water partition coefficient (Wildman–Crippen LogP) is 5.77. The summed E-state index contributed by atoms with van der Waals surface area (Å²) in [5.74, 6) is 0.516. The summed E-state index contributed by atoms with van der Waals surface area (Å²) >= 11 is 0. The fourth-order valence-electron chi connectivity index (χ4n) is 2.53. The van der Waals surface area contributed by atoms with Gasteiger partial charge in [-0.3, -0.25) is 4.99 Å². The molecule has 0 radical (unpaired) electrons. The maximum absolute atomic E-state index is 12.9. The summed E-state index contributed by atoms with van der Waals surface area (Å²) in [7, 11) is 0. The Morgan fingerprint density at radius 2 is 1.76 bits per heavy atom. The Bertz CT molecular complexity index is 885. The van der Waals surface area contributed by atoms with Gasteiger partial charge in [-0.25, -0.2) is 4.39 Å². The van der Waals surface area contributed by atoms with Crippen LogP contribution in [0.3, 0.4) is 0 Å². The Morgan fingerprint density at radius 3 is 2.52 bits per heavy atom. The molecule has 0 aliphatic rings. The quantitative estimate of drug-likeness (QED) is 0.543. The third-order valence-electron chi connectivity index (χ3n) is 3.88. The number of hydrogen-bond donors (Lipinski definition) is 0. The van der Waals surface area contributed by atoms with Gasteiger partial charge in [-0.15, -0.1) is 0 Å². The Kier molecular flexibility index (Phi) is 5.24. The summed E-state index contributed by atoms with van der Waals surface area (Å²) in [6.45, 7) is 4.53. The second-order valence-corrected chi connectivity index (χ2v) is 6.04. The molecule has 0 amide bonds. The fraction of sp³-hybridized carbons (Fsp3) is 0.136. The number of halogens is 1. The van der Waals surface area contributed by atoms with Gasteiger partial charge in [0.15, 0.2) is 0 Å². The van der Waals surface area contributed by atoms with Gasteiger partial charge in [0, 0.05) is 6.21 Å².